The molecular formula is C10H10CuN. The summed E-state index contributed by atoms with van der Waals surface area (Å²) in [6.07, 6.45) is 0. The summed E-state index contributed by atoms with van der Waals surface area (Å²) in [5.41, 5.74) is 0. The Balaban J connectivity index is 0.000000605. The molecule has 0 atom stereocenters. The molecule has 0 radical (unpaired) electrons. The van der Waals surface area contributed by atoms with Gasteiger partial charge in [0.25, 0.3) is 0 Å². The number of fused-ring (bicyclic) bond motifs is 1. The van der Waals surface area contributed by atoms with Crippen molar-refractivity contribution in [3.8, 4) is 0 Å². The van der Waals surface area contributed by atoms with Gasteiger partial charge in [0.2, 0.25) is 0 Å². The minimum Gasteiger partial charge on any atom is -0.693 e. The zero-order chi connectivity index (χ0) is 6.81. The average Bonchev–Trinajstić information content (AvgIpc) is 2.05. The van der Waals surface area contributed by atoms with Crippen molar-refractivity contribution in [1.29, 1.82) is 0 Å². The van der Waals surface area contributed by atoms with Crippen LogP contribution < -0.4 is 0 Å². The average molecular weight is 208 g/mol. The summed E-state index contributed by atoms with van der Waals surface area (Å²) in [7, 11) is 0. The van der Waals surface area contributed by atoms with Crippen LogP contribution in [0.4, 0.5) is 0 Å². The topological polar surface area (TPSA) is 33.5 Å². The van der Waals surface area contributed by atoms with E-state index in [-0.39, 0.29) is 23.2 Å². The van der Waals surface area contributed by atoms with E-state index in [1.54, 1.807) is 0 Å². The number of rotatable bonds is 0. The second-order valence-electron chi connectivity index (χ2n) is 2.35. The SMILES string of the molecule is [Cu+].[NH2-].c1ccc2ccccc2c1. The van der Waals surface area contributed by atoms with Gasteiger partial charge in [0.15, 0.2) is 0 Å². The van der Waals surface area contributed by atoms with Gasteiger partial charge >= 0.3 is 17.1 Å². The maximum atomic E-state index is 2.12. The fourth-order valence-corrected chi connectivity index (χ4v) is 1.13. The van der Waals surface area contributed by atoms with Crippen molar-refractivity contribution in [1.82, 2.24) is 0 Å². The second-order valence-corrected chi connectivity index (χ2v) is 2.35. The van der Waals surface area contributed by atoms with Gasteiger partial charge in [0, 0.05) is 0 Å². The van der Waals surface area contributed by atoms with Gasteiger partial charge in [0.1, 0.15) is 0 Å². The largest absolute Gasteiger partial charge is 1.00 e. The Labute approximate surface area is 82.8 Å². The molecule has 0 aromatic heterocycles. The third-order valence-corrected chi connectivity index (χ3v) is 1.66. The Morgan fingerprint density at radius 2 is 0.833 bits per heavy atom. The van der Waals surface area contributed by atoms with Crippen LogP contribution in [0.25, 0.3) is 16.9 Å². The summed E-state index contributed by atoms with van der Waals surface area (Å²) < 4.78 is 0. The molecule has 2 N–H and O–H groups in total. The molecule has 2 rings (SSSR count). The molecule has 2 aromatic carbocycles. The van der Waals surface area contributed by atoms with Crippen LogP contribution in [0.15, 0.2) is 48.5 Å². The number of hydrogen-bond acceptors (Lipinski definition) is 0. The van der Waals surface area contributed by atoms with E-state index in [4.69, 9.17) is 0 Å². The maximum Gasteiger partial charge on any atom is 1.00 e. The van der Waals surface area contributed by atoms with Gasteiger partial charge in [-0.2, -0.15) is 0 Å². The van der Waals surface area contributed by atoms with E-state index < -0.39 is 0 Å². The van der Waals surface area contributed by atoms with Gasteiger partial charge in [-0.1, -0.05) is 48.5 Å². The van der Waals surface area contributed by atoms with Gasteiger partial charge in [-0.3, -0.25) is 0 Å². The first-order chi connectivity index (χ1) is 4.97. The standard InChI is InChI=1S/C10H8.Cu.H2N/c1-2-6-10-8-4-3-7-9(10)5-1;;/h1-8H;;1H2/q;+1;-1. The van der Waals surface area contributed by atoms with Crippen LogP contribution in [0.2, 0.25) is 0 Å². The molecule has 0 heterocycles. The first-order valence-electron chi connectivity index (χ1n) is 3.40. The van der Waals surface area contributed by atoms with Gasteiger partial charge in [-0.05, 0) is 10.8 Å². The van der Waals surface area contributed by atoms with Crippen molar-refractivity contribution < 1.29 is 17.1 Å². The Hall–Kier alpha value is -0.821. The van der Waals surface area contributed by atoms with E-state index in [0.717, 1.165) is 0 Å². The molecule has 1 nitrogen and oxygen atoms in total. The Morgan fingerprint density at radius 3 is 1.08 bits per heavy atom. The van der Waals surface area contributed by atoms with Crippen LogP contribution in [-0.4, -0.2) is 0 Å². The molecule has 0 unspecified atom stereocenters. The number of benzene rings is 2. The van der Waals surface area contributed by atoms with Gasteiger partial charge in [-0.25, -0.2) is 0 Å². The van der Waals surface area contributed by atoms with Gasteiger partial charge in [-0.15, -0.1) is 0 Å². The molecule has 2 heteroatoms. The molecule has 0 fully saturated rings. The Morgan fingerprint density at radius 1 is 0.583 bits per heavy atom. The quantitative estimate of drug-likeness (QED) is 0.592. The molecular weight excluding hydrogens is 198 g/mol. The van der Waals surface area contributed by atoms with Crippen LogP contribution in [0.3, 0.4) is 0 Å². The normalized spacial score (nSPS) is 8.33. The van der Waals surface area contributed by atoms with Crippen molar-refractivity contribution in [3.63, 3.8) is 0 Å². The van der Waals surface area contributed by atoms with Crippen LogP contribution in [0.1, 0.15) is 0 Å². The van der Waals surface area contributed by atoms with Crippen molar-refractivity contribution in [3.05, 3.63) is 54.7 Å². The molecule has 0 saturated carbocycles. The minimum atomic E-state index is 0. The van der Waals surface area contributed by atoms with E-state index in [2.05, 4.69) is 48.5 Å². The monoisotopic (exact) mass is 207 g/mol. The van der Waals surface area contributed by atoms with Crippen molar-refractivity contribution in [2.75, 3.05) is 0 Å². The van der Waals surface area contributed by atoms with E-state index in [9.17, 15) is 0 Å². The first kappa shape index (κ1) is 11.2. The summed E-state index contributed by atoms with van der Waals surface area (Å²) in [6, 6.07) is 16.7. The third-order valence-electron chi connectivity index (χ3n) is 1.66. The summed E-state index contributed by atoms with van der Waals surface area (Å²) in [5.74, 6) is 0. The number of hydrogen-bond donors (Lipinski definition) is 0. The van der Waals surface area contributed by atoms with Crippen molar-refractivity contribution >= 4 is 10.8 Å². The molecule has 2 aromatic rings. The summed E-state index contributed by atoms with van der Waals surface area (Å²) in [4.78, 5) is 0. The van der Waals surface area contributed by atoms with Crippen LogP contribution in [0, 0.1) is 0 Å². The van der Waals surface area contributed by atoms with E-state index >= 15 is 0 Å². The zero-order valence-electron chi connectivity index (χ0n) is 6.50. The smallest absolute Gasteiger partial charge is 0.693 e. The van der Waals surface area contributed by atoms with Crippen molar-refractivity contribution in [2.45, 2.75) is 0 Å². The fraction of sp³-hybridized carbons (Fsp3) is 0. The molecule has 12 heavy (non-hydrogen) atoms. The van der Waals surface area contributed by atoms with Gasteiger partial charge < -0.3 is 6.15 Å². The maximum absolute atomic E-state index is 2.12. The summed E-state index contributed by atoms with van der Waals surface area (Å²) in [5, 5.41) is 2.62. The minimum absolute atomic E-state index is 0. The first-order valence-corrected chi connectivity index (χ1v) is 3.40. The molecule has 0 aliphatic heterocycles. The Kier molecular flexibility index (Phi) is 4.60. The predicted octanol–water partition coefficient (Wildman–Crippen LogP) is 3.55. The predicted molar refractivity (Wildman–Crippen MR) is 49.2 cm³/mol. The van der Waals surface area contributed by atoms with E-state index in [1.165, 1.54) is 10.8 Å². The second kappa shape index (κ2) is 4.94. The Bertz CT molecular complexity index is 281. The molecule has 0 amide bonds. The van der Waals surface area contributed by atoms with Gasteiger partial charge in [0.05, 0.1) is 0 Å². The molecule has 0 aliphatic carbocycles. The number of nitrogens with two attached hydrogens (primary N) is 1. The molecule has 0 spiro atoms. The molecule has 0 bridgehead atoms. The van der Waals surface area contributed by atoms with E-state index in [0.29, 0.717) is 0 Å². The fourth-order valence-electron chi connectivity index (χ4n) is 1.13. The van der Waals surface area contributed by atoms with Crippen LogP contribution in [0.5, 0.6) is 0 Å². The molecule has 66 valence electrons. The third kappa shape index (κ3) is 2.08. The summed E-state index contributed by atoms with van der Waals surface area (Å²) >= 11 is 0. The molecule has 0 saturated heterocycles. The zero-order valence-corrected chi connectivity index (χ0v) is 7.44. The molecule has 0 aliphatic rings. The van der Waals surface area contributed by atoms with Crippen LogP contribution in [-0.2, 0) is 17.1 Å². The summed E-state index contributed by atoms with van der Waals surface area (Å²) in [6.45, 7) is 0. The van der Waals surface area contributed by atoms with Crippen molar-refractivity contribution in [2.24, 2.45) is 0 Å². The van der Waals surface area contributed by atoms with E-state index in [1.807, 2.05) is 0 Å². The van der Waals surface area contributed by atoms with Crippen LogP contribution >= 0.6 is 0 Å².